The lowest BCUT2D eigenvalue weighted by molar-refractivity contribution is -0.139. The molecule has 3 aliphatic rings. The van der Waals surface area contributed by atoms with E-state index < -0.39 is 0 Å². The molecule has 7 heteroatoms. The van der Waals surface area contributed by atoms with E-state index in [9.17, 15) is 9.59 Å². The SMILES string of the molecule is O=C1CCC(=O)N1C[C@@H]1CC[C@@H]2CN(c3ncccn3)CCN2C1. The summed E-state index contributed by atoms with van der Waals surface area (Å²) in [6.07, 6.45) is 6.53. The van der Waals surface area contributed by atoms with Gasteiger partial charge in [0, 0.05) is 64.0 Å². The molecule has 1 aromatic heterocycles. The quantitative estimate of drug-likeness (QED) is 0.753. The fourth-order valence-electron chi connectivity index (χ4n) is 4.13. The Bertz CT molecular complexity index is 607. The highest BCUT2D eigenvalue weighted by atomic mass is 16.2. The van der Waals surface area contributed by atoms with Crippen LogP contribution >= 0.6 is 0 Å². The Morgan fingerprint density at radius 1 is 1.00 bits per heavy atom. The maximum absolute atomic E-state index is 11.8. The summed E-state index contributed by atoms with van der Waals surface area (Å²) in [6, 6.07) is 2.36. The highest BCUT2D eigenvalue weighted by Gasteiger charge is 2.37. The van der Waals surface area contributed by atoms with Gasteiger partial charge in [0.15, 0.2) is 0 Å². The Morgan fingerprint density at radius 3 is 2.50 bits per heavy atom. The Morgan fingerprint density at radius 2 is 1.75 bits per heavy atom. The van der Waals surface area contributed by atoms with Crippen LogP contribution in [0, 0.1) is 5.92 Å². The van der Waals surface area contributed by atoms with Gasteiger partial charge in [0.05, 0.1) is 0 Å². The van der Waals surface area contributed by atoms with Crippen LogP contribution in [0.4, 0.5) is 5.95 Å². The number of fused-ring (bicyclic) bond motifs is 1. The first-order chi connectivity index (χ1) is 11.7. The van der Waals surface area contributed by atoms with Crippen molar-refractivity contribution >= 4 is 17.8 Å². The van der Waals surface area contributed by atoms with Crippen molar-refractivity contribution in [3.05, 3.63) is 18.5 Å². The van der Waals surface area contributed by atoms with E-state index in [1.165, 1.54) is 4.90 Å². The van der Waals surface area contributed by atoms with Crippen molar-refractivity contribution in [2.24, 2.45) is 5.92 Å². The molecule has 3 fully saturated rings. The summed E-state index contributed by atoms with van der Waals surface area (Å²) in [4.78, 5) is 38.6. The second kappa shape index (κ2) is 6.47. The van der Waals surface area contributed by atoms with Crippen LogP contribution in [0.15, 0.2) is 18.5 Å². The molecule has 0 aliphatic carbocycles. The molecule has 0 radical (unpaired) electrons. The number of imide groups is 1. The first-order valence-electron chi connectivity index (χ1n) is 8.80. The van der Waals surface area contributed by atoms with Crippen LogP contribution in [0.3, 0.4) is 0 Å². The van der Waals surface area contributed by atoms with E-state index >= 15 is 0 Å². The van der Waals surface area contributed by atoms with Crippen LogP contribution in [-0.2, 0) is 9.59 Å². The van der Waals surface area contributed by atoms with Crippen LogP contribution in [0.1, 0.15) is 25.7 Å². The molecule has 128 valence electrons. The van der Waals surface area contributed by atoms with E-state index in [1.54, 1.807) is 12.4 Å². The molecule has 4 heterocycles. The van der Waals surface area contributed by atoms with E-state index in [-0.39, 0.29) is 11.8 Å². The molecule has 3 saturated heterocycles. The molecule has 0 unspecified atom stereocenters. The van der Waals surface area contributed by atoms with Gasteiger partial charge in [0.25, 0.3) is 0 Å². The number of piperazine rings is 1. The molecule has 0 bridgehead atoms. The zero-order chi connectivity index (χ0) is 16.5. The van der Waals surface area contributed by atoms with E-state index in [2.05, 4.69) is 19.8 Å². The second-order valence-electron chi connectivity index (χ2n) is 6.99. The smallest absolute Gasteiger partial charge is 0.229 e. The summed E-state index contributed by atoms with van der Waals surface area (Å²) in [6.45, 7) is 4.45. The molecule has 2 atom stereocenters. The summed E-state index contributed by atoms with van der Waals surface area (Å²) in [7, 11) is 0. The number of rotatable bonds is 3. The van der Waals surface area contributed by atoms with Crippen molar-refractivity contribution in [1.29, 1.82) is 0 Å². The molecule has 24 heavy (non-hydrogen) atoms. The number of carbonyl (C=O) groups excluding carboxylic acids is 2. The van der Waals surface area contributed by atoms with E-state index in [0.29, 0.717) is 31.3 Å². The van der Waals surface area contributed by atoms with Gasteiger partial charge in [0.2, 0.25) is 17.8 Å². The molecule has 3 aliphatic heterocycles. The molecule has 0 N–H and O–H groups in total. The number of nitrogens with zero attached hydrogens (tertiary/aromatic N) is 5. The molecular formula is C17H23N5O2. The minimum absolute atomic E-state index is 0.00756. The van der Waals surface area contributed by atoms with Crippen molar-refractivity contribution in [1.82, 2.24) is 19.8 Å². The first kappa shape index (κ1) is 15.5. The highest BCUT2D eigenvalue weighted by molar-refractivity contribution is 6.01. The molecule has 0 spiro atoms. The van der Waals surface area contributed by atoms with Crippen LogP contribution in [0.5, 0.6) is 0 Å². The Labute approximate surface area is 141 Å². The summed E-state index contributed by atoms with van der Waals surface area (Å²) in [5, 5.41) is 0. The summed E-state index contributed by atoms with van der Waals surface area (Å²) in [5.74, 6) is 1.24. The van der Waals surface area contributed by atoms with Gasteiger partial charge in [-0.15, -0.1) is 0 Å². The van der Waals surface area contributed by atoms with Crippen molar-refractivity contribution in [2.45, 2.75) is 31.7 Å². The minimum atomic E-state index is 0.00756. The summed E-state index contributed by atoms with van der Waals surface area (Å²) in [5.41, 5.74) is 0. The van der Waals surface area contributed by atoms with Crippen LogP contribution < -0.4 is 4.90 Å². The zero-order valence-corrected chi connectivity index (χ0v) is 13.8. The number of likely N-dealkylation sites (tertiary alicyclic amines) is 1. The van der Waals surface area contributed by atoms with Crippen LogP contribution in [0.2, 0.25) is 0 Å². The van der Waals surface area contributed by atoms with Gasteiger partial charge < -0.3 is 4.90 Å². The van der Waals surface area contributed by atoms with Gasteiger partial charge in [-0.2, -0.15) is 0 Å². The van der Waals surface area contributed by atoms with Crippen molar-refractivity contribution in [3.8, 4) is 0 Å². The summed E-state index contributed by atoms with van der Waals surface area (Å²) < 4.78 is 0. The predicted molar refractivity (Wildman–Crippen MR) is 88.3 cm³/mol. The fourth-order valence-corrected chi connectivity index (χ4v) is 4.13. The van der Waals surface area contributed by atoms with Gasteiger partial charge in [-0.1, -0.05) is 0 Å². The number of hydrogen-bond acceptors (Lipinski definition) is 6. The standard InChI is InChI=1S/C17H23N5O2/c23-15-4-5-16(24)22(15)11-13-2-3-14-12-21(9-8-20(14)10-13)17-18-6-1-7-19-17/h1,6-7,13-14H,2-5,8-12H2/t13-,14-/m1/s1. The van der Waals surface area contributed by atoms with Crippen molar-refractivity contribution in [2.75, 3.05) is 37.6 Å². The first-order valence-corrected chi connectivity index (χ1v) is 8.80. The Kier molecular flexibility index (Phi) is 4.18. The molecular weight excluding hydrogens is 306 g/mol. The topological polar surface area (TPSA) is 69.6 Å². The normalized spacial score (nSPS) is 28.3. The lowest BCUT2D eigenvalue weighted by Crippen LogP contribution is -2.57. The minimum Gasteiger partial charge on any atom is -0.338 e. The molecule has 2 amide bonds. The van der Waals surface area contributed by atoms with E-state index in [1.807, 2.05) is 6.07 Å². The monoisotopic (exact) mass is 329 g/mol. The number of carbonyl (C=O) groups is 2. The Balaban J connectivity index is 1.34. The van der Waals surface area contributed by atoms with Gasteiger partial charge in [-0.05, 0) is 24.8 Å². The molecule has 4 rings (SSSR count). The van der Waals surface area contributed by atoms with Gasteiger partial charge >= 0.3 is 0 Å². The lowest BCUT2D eigenvalue weighted by Gasteiger charge is -2.46. The van der Waals surface area contributed by atoms with Crippen molar-refractivity contribution in [3.63, 3.8) is 0 Å². The average molecular weight is 329 g/mol. The number of piperidine rings is 1. The molecule has 0 saturated carbocycles. The maximum atomic E-state index is 11.8. The number of anilines is 1. The van der Waals surface area contributed by atoms with Gasteiger partial charge in [-0.25, -0.2) is 9.97 Å². The van der Waals surface area contributed by atoms with E-state index in [4.69, 9.17) is 0 Å². The molecule has 1 aromatic rings. The maximum Gasteiger partial charge on any atom is 0.229 e. The third kappa shape index (κ3) is 3.00. The second-order valence-corrected chi connectivity index (χ2v) is 6.99. The zero-order valence-electron chi connectivity index (χ0n) is 13.8. The van der Waals surface area contributed by atoms with Gasteiger partial charge in [0.1, 0.15) is 0 Å². The summed E-state index contributed by atoms with van der Waals surface area (Å²) >= 11 is 0. The average Bonchev–Trinajstić information content (AvgIpc) is 2.94. The third-order valence-corrected chi connectivity index (χ3v) is 5.44. The third-order valence-electron chi connectivity index (χ3n) is 5.44. The number of amides is 2. The number of aromatic nitrogens is 2. The van der Waals surface area contributed by atoms with Crippen LogP contribution in [0.25, 0.3) is 0 Å². The highest BCUT2D eigenvalue weighted by Crippen LogP contribution is 2.28. The van der Waals surface area contributed by atoms with Gasteiger partial charge in [-0.3, -0.25) is 19.4 Å². The van der Waals surface area contributed by atoms with E-state index in [0.717, 1.165) is 45.0 Å². The predicted octanol–water partition coefficient (Wildman–Crippen LogP) is 0.526. The molecule has 7 nitrogen and oxygen atoms in total. The number of hydrogen-bond donors (Lipinski definition) is 0. The lowest BCUT2D eigenvalue weighted by atomic mass is 9.90. The fraction of sp³-hybridized carbons (Fsp3) is 0.647. The van der Waals surface area contributed by atoms with Crippen LogP contribution in [-0.4, -0.2) is 70.3 Å². The largest absolute Gasteiger partial charge is 0.338 e. The molecule has 0 aromatic carbocycles. The van der Waals surface area contributed by atoms with Crippen molar-refractivity contribution < 1.29 is 9.59 Å². The Hall–Kier alpha value is -2.02.